The van der Waals surface area contributed by atoms with Gasteiger partial charge in [-0.2, -0.15) is 5.10 Å². The van der Waals surface area contributed by atoms with Gasteiger partial charge >= 0.3 is 0 Å². The van der Waals surface area contributed by atoms with Gasteiger partial charge in [-0.3, -0.25) is 4.68 Å². The summed E-state index contributed by atoms with van der Waals surface area (Å²) in [6.45, 7) is 4.66. The molecule has 1 heterocycles. The van der Waals surface area contributed by atoms with Crippen LogP contribution in [0.4, 0.5) is 0 Å². The second-order valence-electron chi connectivity index (χ2n) is 2.52. The standard InChI is InChI=1S/C7H13N3/c1-6-3-4-10(9-6)7(2)5-8/h3-4,7H,5,8H2,1-2H3/t7-/m0/s1. The van der Waals surface area contributed by atoms with Gasteiger partial charge in [0.2, 0.25) is 0 Å². The van der Waals surface area contributed by atoms with Gasteiger partial charge in [-0.25, -0.2) is 0 Å². The van der Waals surface area contributed by atoms with Gasteiger partial charge < -0.3 is 5.73 Å². The molecule has 56 valence electrons. The molecular formula is C7H13N3. The molecular weight excluding hydrogens is 126 g/mol. The number of nitrogens with zero attached hydrogens (tertiary/aromatic N) is 2. The van der Waals surface area contributed by atoms with Crippen molar-refractivity contribution < 1.29 is 0 Å². The molecule has 0 amide bonds. The molecule has 0 saturated carbocycles. The minimum absolute atomic E-state index is 0.314. The van der Waals surface area contributed by atoms with Gasteiger partial charge in [0.25, 0.3) is 0 Å². The van der Waals surface area contributed by atoms with Gasteiger partial charge in [0.15, 0.2) is 0 Å². The van der Waals surface area contributed by atoms with E-state index in [-0.39, 0.29) is 0 Å². The zero-order chi connectivity index (χ0) is 7.56. The lowest BCUT2D eigenvalue weighted by Crippen LogP contribution is -2.16. The summed E-state index contributed by atoms with van der Waals surface area (Å²) in [6.07, 6.45) is 1.95. The molecule has 10 heavy (non-hydrogen) atoms. The molecule has 1 aromatic heterocycles. The first-order valence-electron chi connectivity index (χ1n) is 3.46. The monoisotopic (exact) mass is 139 g/mol. The van der Waals surface area contributed by atoms with Crippen LogP contribution in [-0.4, -0.2) is 16.3 Å². The van der Waals surface area contributed by atoms with Crippen LogP contribution in [0.3, 0.4) is 0 Å². The molecule has 2 N–H and O–H groups in total. The molecule has 0 aliphatic heterocycles. The zero-order valence-corrected chi connectivity index (χ0v) is 6.41. The van der Waals surface area contributed by atoms with Crippen LogP contribution in [0, 0.1) is 6.92 Å². The average Bonchev–Trinajstić information content (AvgIpc) is 2.34. The van der Waals surface area contributed by atoms with Crippen molar-refractivity contribution >= 4 is 0 Å². The Labute approximate surface area is 60.8 Å². The van der Waals surface area contributed by atoms with Crippen molar-refractivity contribution in [3.63, 3.8) is 0 Å². The van der Waals surface area contributed by atoms with Crippen LogP contribution in [-0.2, 0) is 0 Å². The van der Waals surface area contributed by atoms with Gasteiger partial charge in [-0.05, 0) is 19.9 Å². The number of hydrogen-bond donors (Lipinski definition) is 1. The van der Waals surface area contributed by atoms with Crippen LogP contribution in [0.2, 0.25) is 0 Å². The maximum atomic E-state index is 5.45. The molecule has 0 saturated heterocycles. The first-order valence-corrected chi connectivity index (χ1v) is 3.46. The summed E-state index contributed by atoms with van der Waals surface area (Å²) >= 11 is 0. The maximum absolute atomic E-state index is 5.45. The topological polar surface area (TPSA) is 43.8 Å². The minimum Gasteiger partial charge on any atom is -0.328 e. The molecule has 0 aromatic carbocycles. The van der Waals surface area contributed by atoms with E-state index in [9.17, 15) is 0 Å². The van der Waals surface area contributed by atoms with Crippen LogP contribution in [0.5, 0.6) is 0 Å². The van der Waals surface area contributed by atoms with Gasteiger partial charge in [-0.15, -0.1) is 0 Å². The summed E-state index contributed by atoms with van der Waals surface area (Å²) < 4.78 is 1.88. The molecule has 0 radical (unpaired) electrons. The second kappa shape index (κ2) is 2.84. The van der Waals surface area contributed by atoms with E-state index >= 15 is 0 Å². The van der Waals surface area contributed by atoms with E-state index in [1.54, 1.807) is 0 Å². The SMILES string of the molecule is Cc1ccn([C@@H](C)CN)n1. The first kappa shape index (κ1) is 7.28. The van der Waals surface area contributed by atoms with E-state index in [1.165, 1.54) is 0 Å². The Hall–Kier alpha value is -0.830. The number of nitrogens with two attached hydrogens (primary N) is 1. The summed E-state index contributed by atoms with van der Waals surface area (Å²) in [7, 11) is 0. The first-order chi connectivity index (χ1) is 4.74. The third kappa shape index (κ3) is 1.36. The van der Waals surface area contributed by atoms with Gasteiger partial charge in [0.1, 0.15) is 0 Å². The Morgan fingerprint density at radius 1 is 1.80 bits per heavy atom. The predicted molar refractivity (Wildman–Crippen MR) is 40.7 cm³/mol. The minimum atomic E-state index is 0.314. The Morgan fingerprint density at radius 3 is 2.90 bits per heavy atom. The fourth-order valence-electron chi connectivity index (χ4n) is 0.787. The molecule has 1 atom stereocenters. The molecule has 0 spiro atoms. The summed E-state index contributed by atoms with van der Waals surface area (Å²) in [6, 6.07) is 2.29. The van der Waals surface area contributed by atoms with E-state index in [2.05, 4.69) is 5.10 Å². The van der Waals surface area contributed by atoms with Crippen LogP contribution in [0.1, 0.15) is 18.7 Å². The van der Waals surface area contributed by atoms with Crippen molar-refractivity contribution in [2.45, 2.75) is 19.9 Å². The third-order valence-corrected chi connectivity index (χ3v) is 1.53. The molecule has 3 nitrogen and oxygen atoms in total. The van der Waals surface area contributed by atoms with Crippen LogP contribution < -0.4 is 5.73 Å². The van der Waals surface area contributed by atoms with E-state index < -0.39 is 0 Å². The molecule has 0 unspecified atom stereocenters. The van der Waals surface area contributed by atoms with Crippen molar-refractivity contribution in [3.8, 4) is 0 Å². The highest BCUT2D eigenvalue weighted by Gasteiger charge is 2.00. The fourth-order valence-corrected chi connectivity index (χ4v) is 0.787. The maximum Gasteiger partial charge on any atom is 0.0613 e. The number of aromatic nitrogens is 2. The average molecular weight is 139 g/mol. The van der Waals surface area contributed by atoms with E-state index in [0.29, 0.717) is 12.6 Å². The Kier molecular flexibility index (Phi) is 2.06. The van der Waals surface area contributed by atoms with E-state index in [4.69, 9.17) is 5.73 Å². The summed E-state index contributed by atoms with van der Waals surface area (Å²) in [5.74, 6) is 0. The summed E-state index contributed by atoms with van der Waals surface area (Å²) in [5.41, 5.74) is 6.49. The van der Waals surface area contributed by atoms with Crippen molar-refractivity contribution in [2.75, 3.05) is 6.54 Å². The Balaban J connectivity index is 2.74. The number of rotatable bonds is 2. The van der Waals surface area contributed by atoms with Gasteiger partial charge in [-0.1, -0.05) is 0 Å². The highest BCUT2D eigenvalue weighted by Crippen LogP contribution is 2.01. The van der Waals surface area contributed by atoms with Crippen molar-refractivity contribution in [1.29, 1.82) is 0 Å². The van der Waals surface area contributed by atoms with Gasteiger partial charge in [0, 0.05) is 12.7 Å². The van der Waals surface area contributed by atoms with Crippen molar-refractivity contribution in [3.05, 3.63) is 18.0 Å². The molecule has 0 aliphatic rings. The van der Waals surface area contributed by atoms with E-state index in [0.717, 1.165) is 5.69 Å². The van der Waals surface area contributed by atoms with Crippen LogP contribution >= 0.6 is 0 Å². The van der Waals surface area contributed by atoms with E-state index in [1.807, 2.05) is 30.8 Å². The number of aryl methyl sites for hydroxylation is 1. The zero-order valence-electron chi connectivity index (χ0n) is 6.41. The van der Waals surface area contributed by atoms with Crippen LogP contribution in [0.25, 0.3) is 0 Å². The molecule has 1 aromatic rings. The largest absolute Gasteiger partial charge is 0.328 e. The normalized spacial score (nSPS) is 13.5. The van der Waals surface area contributed by atoms with Gasteiger partial charge in [0.05, 0.1) is 11.7 Å². The Morgan fingerprint density at radius 2 is 2.50 bits per heavy atom. The van der Waals surface area contributed by atoms with Crippen LogP contribution in [0.15, 0.2) is 12.3 Å². The quantitative estimate of drug-likeness (QED) is 0.655. The molecule has 0 aliphatic carbocycles. The summed E-state index contributed by atoms with van der Waals surface area (Å²) in [4.78, 5) is 0. The lowest BCUT2D eigenvalue weighted by atomic mass is 10.3. The lowest BCUT2D eigenvalue weighted by Gasteiger charge is -2.07. The highest BCUT2D eigenvalue weighted by atomic mass is 15.3. The molecule has 3 heteroatoms. The third-order valence-electron chi connectivity index (χ3n) is 1.53. The Bertz CT molecular complexity index is 204. The lowest BCUT2D eigenvalue weighted by molar-refractivity contribution is 0.498. The second-order valence-corrected chi connectivity index (χ2v) is 2.52. The summed E-state index contributed by atoms with van der Waals surface area (Å²) in [5, 5.41) is 4.22. The fraction of sp³-hybridized carbons (Fsp3) is 0.571. The highest BCUT2D eigenvalue weighted by molar-refractivity contribution is 4.95. The predicted octanol–water partition coefficient (Wildman–Crippen LogP) is 0.711. The molecule has 0 bridgehead atoms. The smallest absolute Gasteiger partial charge is 0.0613 e. The molecule has 1 rings (SSSR count). The number of hydrogen-bond acceptors (Lipinski definition) is 2. The van der Waals surface area contributed by atoms with Crippen molar-refractivity contribution in [2.24, 2.45) is 5.73 Å². The molecule has 0 fully saturated rings. The van der Waals surface area contributed by atoms with Crippen molar-refractivity contribution in [1.82, 2.24) is 9.78 Å².